The molecule has 0 atom stereocenters. The number of carbonyl (C=O) groups excluding carboxylic acids is 1. The molecule has 186 valence electrons. The van der Waals surface area contributed by atoms with Crippen molar-refractivity contribution in [2.75, 3.05) is 5.32 Å². The topological polar surface area (TPSA) is 110 Å². The maximum atomic E-state index is 14.7. The lowest BCUT2D eigenvalue weighted by atomic mass is 10.0. The molecule has 3 aromatic heterocycles. The molecule has 1 aromatic carbocycles. The van der Waals surface area contributed by atoms with Gasteiger partial charge in [0.15, 0.2) is 11.6 Å². The molecule has 4 aromatic rings. The average molecular weight is 500 g/mol. The van der Waals surface area contributed by atoms with E-state index >= 15 is 0 Å². The third kappa shape index (κ3) is 4.70. The largest absolute Gasteiger partial charge is 0.401 e. The molecule has 0 bridgehead atoms. The lowest BCUT2D eigenvalue weighted by Crippen LogP contribution is -2.28. The van der Waals surface area contributed by atoms with Crippen molar-refractivity contribution in [2.24, 2.45) is 0 Å². The number of nitrogens with one attached hydrogen (secondary N) is 2. The number of aromatic amines is 1. The predicted octanol–water partition coefficient (Wildman–Crippen LogP) is 4.67. The first kappa shape index (κ1) is 23.6. The molecule has 36 heavy (non-hydrogen) atoms. The van der Waals surface area contributed by atoms with Gasteiger partial charge in [-0.15, -0.1) is 0 Å². The first-order chi connectivity index (χ1) is 17.1. The molecule has 0 radical (unpaired) electrons. The molecule has 3 heterocycles. The monoisotopic (exact) mass is 500 g/mol. The summed E-state index contributed by atoms with van der Waals surface area (Å²) >= 11 is 0. The van der Waals surface area contributed by atoms with E-state index in [2.05, 4.69) is 30.6 Å². The van der Waals surface area contributed by atoms with Crippen molar-refractivity contribution in [2.45, 2.75) is 44.2 Å². The maximum Gasteiger partial charge on any atom is 0.401 e. The molecule has 0 aliphatic heterocycles. The highest BCUT2D eigenvalue weighted by Gasteiger charge is 2.66. The molecule has 12 heteroatoms. The quantitative estimate of drug-likeness (QED) is 0.357. The minimum Gasteiger partial charge on any atom is -0.358 e. The number of hydrogen-bond acceptors (Lipinski definition) is 6. The number of anilines is 1. The van der Waals surface area contributed by atoms with Gasteiger partial charge in [-0.1, -0.05) is 17.3 Å². The summed E-state index contributed by atoms with van der Waals surface area (Å²) in [4.78, 5) is 21.0. The lowest BCUT2D eigenvalue weighted by molar-refractivity contribution is -0.165. The van der Waals surface area contributed by atoms with E-state index in [0.29, 0.717) is 23.4 Å². The Hall–Kier alpha value is -4.09. The summed E-state index contributed by atoms with van der Waals surface area (Å²) in [5.74, 6) is -1.18. The van der Waals surface area contributed by atoms with Crippen LogP contribution in [0.1, 0.15) is 41.4 Å². The van der Waals surface area contributed by atoms with Gasteiger partial charge in [-0.2, -0.15) is 18.3 Å². The van der Waals surface area contributed by atoms with E-state index in [9.17, 15) is 22.4 Å². The van der Waals surface area contributed by atoms with Crippen molar-refractivity contribution < 1.29 is 26.9 Å². The molecule has 8 nitrogen and oxygen atoms in total. The Morgan fingerprint density at radius 2 is 1.89 bits per heavy atom. The summed E-state index contributed by atoms with van der Waals surface area (Å²) in [6.45, 7) is 1.90. The molecule has 1 aliphatic rings. The zero-order valence-electron chi connectivity index (χ0n) is 19.0. The van der Waals surface area contributed by atoms with Gasteiger partial charge in [0.1, 0.15) is 17.1 Å². The van der Waals surface area contributed by atoms with Crippen LogP contribution < -0.4 is 5.32 Å². The molecule has 0 spiro atoms. The molecular formula is C24H20F4N6O2. The number of aromatic nitrogens is 5. The van der Waals surface area contributed by atoms with Crippen LogP contribution in [0.2, 0.25) is 0 Å². The lowest BCUT2D eigenvalue weighted by Gasteiger charge is -2.14. The molecule has 2 N–H and O–H groups in total. The second kappa shape index (κ2) is 8.85. The number of nitrogens with zero attached hydrogens (tertiary/aromatic N) is 4. The van der Waals surface area contributed by atoms with Crippen LogP contribution in [-0.4, -0.2) is 37.4 Å². The first-order valence-corrected chi connectivity index (χ1v) is 11.1. The van der Waals surface area contributed by atoms with Crippen LogP contribution in [0.15, 0.2) is 47.2 Å². The predicted molar refractivity (Wildman–Crippen MR) is 119 cm³/mol. The molecule has 0 unspecified atom stereocenters. The molecule has 1 amide bonds. The fourth-order valence-electron chi connectivity index (χ4n) is 3.91. The van der Waals surface area contributed by atoms with Crippen LogP contribution in [0.25, 0.3) is 11.1 Å². The summed E-state index contributed by atoms with van der Waals surface area (Å²) in [7, 11) is 0. The van der Waals surface area contributed by atoms with E-state index in [1.54, 1.807) is 18.5 Å². The number of aryl methyl sites for hydroxylation is 1. The average Bonchev–Trinajstić information content (AvgIpc) is 3.37. The third-order valence-corrected chi connectivity index (χ3v) is 6.08. The summed E-state index contributed by atoms with van der Waals surface area (Å²) in [5.41, 5.74) is 0.945. The number of hydrogen-bond donors (Lipinski definition) is 2. The van der Waals surface area contributed by atoms with Gasteiger partial charge >= 0.3 is 6.18 Å². The Balaban J connectivity index is 1.22. The number of benzene rings is 1. The van der Waals surface area contributed by atoms with Gasteiger partial charge < -0.3 is 9.84 Å². The van der Waals surface area contributed by atoms with Gasteiger partial charge in [0.25, 0.3) is 0 Å². The first-order valence-electron chi connectivity index (χ1n) is 11.1. The number of amides is 1. The Kier molecular flexibility index (Phi) is 5.81. The van der Waals surface area contributed by atoms with E-state index in [1.165, 1.54) is 12.1 Å². The standard InChI is InChI=1S/C24H20F4N6O2/c1-13-6-17(33-32-13)9-20-29-11-16(12-30-20)14-2-3-15(18(25)7-14)8-22(35)31-21-10-19(36-34-21)23(4-5-23)24(26,27)28/h2-3,6-7,10-12H,4-5,8-9H2,1H3,(H,32,33)(H,31,34,35). The van der Waals surface area contributed by atoms with Crippen LogP contribution in [0.4, 0.5) is 23.4 Å². The smallest absolute Gasteiger partial charge is 0.358 e. The summed E-state index contributed by atoms with van der Waals surface area (Å²) < 4.78 is 59.2. The Morgan fingerprint density at radius 3 is 2.50 bits per heavy atom. The van der Waals surface area contributed by atoms with Crippen molar-refractivity contribution >= 4 is 11.7 Å². The Morgan fingerprint density at radius 1 is 1.14 bits per heavy atom. The summed E-state index contributed by atoms with van der Waals surface area (Å²) in [6.07, 6.45) is -1.35. The van der Waals surface area contributed by atoms with Gasteiger partial charge in [-0.05, 0) is 43.0 Å². The van der Waals surface area contributed by atoms with Crippen LogP contribution in [0, 0.1) is 12.7 Å². The summed E-state index contributed by atoms with van der Waals surface area (Å²) in [6, 6.07) is 7.33. The molecular weight excluding hydrogens is 480 g/mol. The van der Waals surface area contributed by atoms with Crippen molar-refractivity contribution in [3.8, 4) is 11.1 Å². The highest BCUT2D eigenvalue weighted by Crippen LogP contribution is 2.59. The second-order valence-corrected chi connectivity index (χ2v) is 8.79. The van der Waals surface area contributed by atoms with Gasteiger partial charge in [0.05, 0.1) is 18.5 Å². The zero-order valence-corrected chi connectivity index (χ0v) is 19.0. The van der Waals surface area contributed by atoms with Crippen molar-refractivity contribution in [1.29, 1.82) is 0 Å². The van der Waals surface area contributed by atoms with Gasteiger partial charge in [0.2, 0.25) is 5.91 Å². The number of carbonyl (C=O) groups is 1. The second-order valence-electron chi connectivity index (χ2n) is 8.79. The molecule has 1 aliphatic carbocycles. The van der Waals surface area contributed by atoms with Gasteiger partial charge in [0, 0.05) is 29.7 Å². The van der Waals surface area contributed by atoms with E-state index in [4.69, 9.17) is 4.52 Å². The van der Waals surface area contributed by atoms with E-state index in [0.717, 1.165) is 17.5 Å². The van der Waals surface area contributed by atoms with Gasteiger partial charge in [-0.25, -0.2) is 14.4 Å². The van der Waals surface area contributed by atoms with Crippen LogP contribution >= 0.6 is 0 Å². The minimum atomic E-state index is -4.46. The normalized spacial score (nSPS) is 14.6. The van der Waals surface area contributed by atoms with E-state index < -0.39 is 23.3 Å². The number of halogens is 4. The van der Waals surface area contributed by atoms with Gasteiger partial charge in [-0.3, -0.25) is 9.89 Å². The Labute approximate surface area is 202 Å². The van der Waals surface area contributed by atoms with E-state index in [-0.39, 0.29) is 36.4 Å². The zero-order chi connectivity index (χ0) is 25.5. The van der Waals surface area contributed by atoms with Crippen molar-refractivity contribution in [3.63, 3.8) is 0 Å². The van der Waals surface area contributed by atoms with Crippen molar-refractivity contribution in [3.05, 3.63) is 77.1 Å². The van der Waals surface area contributed by atoms with E-state index in [1.807, 2.05) is 13.0 Å². The molecule has 1 saturated carbocycles. The number of rotatable bonds is 7. The fourth-order valence-corrected chi connectivity index (χ4v) is 3.91. The highest BCUT2D eigenvalue weighted by molar-refractivity contribution is 5.91. The fraction of sp³-hybridized carbons (Fsp3) is 0.292. The SMILES string of the molecule is Cc1cc(Cc2ncc(-c3ccc(CC(=O)Nc4cc(C5(C(F)(F)F)CC5)on4)c(F)c3)cn2)n[nH]1. The molecule has 1 fully saturated rings. The van der Waals surface area contributed by atoms with Crippen LogP contribution in [0.5, 0.6) is 0 Å². The highest BCUT2D eigenvalue weighted by atomic mass is 19.4. The molecule has 5 rings (SSSR count). The van der Waals surface area contributed by atoms with Crippen LogP contribution in [-0.2, 0) is 23.1 Å². The maximum absolute atomic E-state index is 14.7. The third-order valence-electron chi connectivity index (χ3n) is 6.08. The van der Waals surface area contributed by atoms with Crippen molar-refractivity contribution in [1.82, 2.24) is 25.3 Å². The number of H-pyrrole nitrogens is 1. The number of alkyl halides is 3. The Bertz CT molecular complexity index is 1410. The summed E-state index contributed by atoms with van der Waals surface area (Å²) in [5, 5.41) is 12.9. The van der Waals surface area contributed by atoms with Crippen LogP contribution in [0.3, 0.4) is 0 Å². The molecule has 0 saturated heterocycles. The minimum absolute atomic E-state index is 0.0891.